The maximum Gasteiger partial charge on any atom is 0.330 e. The van der Waals surface area contributed by atoms with Gasteiger partial charge in [-0.3, -0.25) is 34.4 Å². The maximum absolute atomic E-state index is 13.7. The van der Waals surface area contributed by atoms with E-state index in [0.29, 0.717) is 25.8 Å². The highest BCUT2D eigenvalue weighted by Gasteiger charge is 2.40. The van der Waals surface area contributed by atoms with Crippen molar-refractivity contribution < 1.29 is 38.2 Å². The van der Waals surface area contributed by atoms with E-state index in [0.717, 1.165) is 5.01 Å². The number of likely N-dealkylation sites (tertiary alicyclic amines) is 1. The molecule has 0 unspecified atom stereocenters. The number of esters is 2. The summed E-state index contributed by atoms with van der Waals surface area (Å²) in [6, 6.07) is -0.650. The van der Waals surface area contributed by atoms with E-state index in [1.54, 1.807) is 17.9 Å². The Balaban J connectivity index is 2.99. The predicted octanol–water partition coefficient (Wildman–Crippen LogP) is 2.82. The summed E-state index contributed by atoms with van der Waals surface area (Å²) in [6.07, 6.45) is 4.60. The summed E-state index contributed by atoms with van der Waals surface area (Å²) in [6.45, 7) is 11.3. The van der Waals surface area contributed by atoms with E-state index in [1.165, 1.54) is 20.1 Å². The fraction of sp³-hybridized carbons (Fsp3) is 0.724. The lowest BCUT2D eigenvalue weighted by molar-refractivity contribution is -0.150. The molecular formula is C29H47N3O8. The third-order valence-electron chi connectivity index (χ3n) is 6.82. The molecule has 0 bridgehead atoms. The summed E-state index contributed by atoms with van der Waals surface area (Å²) in [5.74, 6) is -3.58. The summed E-state index contributed by atoms with van der Waals surface area (Å²) in [5.41, 5.74) is 2.50. The van der Waals surface area contributed by atoms with Crippen LogP contribution in [0.4, 0.5) is 0 Å². The van der Waals surface area contributed by atoms with Gasteiger partial charge in [0.15, 0.2) is 5.78 Å². The molecule has 11 nitrogen and oxygen atoms in total. The molecule has 11 heteroatoms. The molecule has 0 spiro atoms. The van der Waals surface area contributed by atoms with Gasteiger partial charge >= 0.3 is 11.9 Å². The van der Waals surface area contributed by atoms with Crippen molar-refractivity contribution in [2.24, 2.45) is 23.7 Å². The van der Waals surface area contributed by atoms with Gasteiger partial charge in [0.05, 0.1) is 25.7 Å². The monoisotopic (exact) mass is 565 g/mol. The molecule has 0 aliphatic carbocycles. The van der Waals surface area contributed by atoms with E-state index in [-0.39, 0.29) is 55.9 Å². The number of carbonyl (C=O) groups excluding carboxylic acids is 6. The Kier molecular flexibility index (Phi) is 15.2. The van der Waals surface area contributed by atoms with Gasteiger partial charge in [0.1, 0.15) is 0 Å². The second-order valence-electron chi connectivity index (χ2n) is 10.9. The van der Waals surface area contributed by atoms with Gasteiger partial charge in [-0.1, -0.05) is 33.8 Å². The maximum atomic E-state index is 13.7. The highest BCUT2D eigenvalue weighted by molar-refractivity contribution is 5.94. The highest BCUT2D eigenvalue weighted by Crippen LogP contribution is 2.28. The molecule has 0 saturated carbocycles. The number of amides is 3. The summed E-state index contributed by atoms with van der Waals surface area (Å²) >= 11 is 0. The lowest BCUT2D eigenvalue weighted by atomic mass is 9.88. The molecule has 0 radical (unpaired) electrons. The van der Waals surface area contributed by atoms with Crippen LogP contribution in [0, 0.1) is 23.7 Å². The number of hydrogen-bond donors (Lipinski definition) is 1. The van der Waals surface area contributed by atoms with Crippen LogP contribution < -0.4 is 5.43 Å². The standard InChI is InChI=1S/C29H47N3O8/c1-8-40-27(36)13-9-10-15-32(30-21(6)33)26(35)18-23(20(4)5)28(37)31-14-11-12-24(31)25(34)17-22(16-19(2)3)29(38)39-7/h9,13,19-20,22-24H,8,10-12,14-18H2,1-7H3,(H,30,33)/b13-9+/t22-,23+,24+/m1/s1. The van der Waals surface area contributed by atoms with Gasteiger partial charge in [0, 0.05) is 44.8 Å². The van der Waals surface area contributed by atoms with E-state index in [9.17, 15) is 28.8 Å². The third kappa shape index (κ3) is 11.5. The van der Waals surface area contributed by atoms with Crippen LogP contribution >= 0.6 is 0 Å². The van der Waals surface area contributed by atoms with Crippen LogP contribution in [0.15, 0.2) is 12.2 Å². The molecule has 1 saturated heterocycles. The van der Waals surface area contributed by atoms with Gasteiger partial charge < -0.3 is 14.4 Å². The van der Waals surface area contributed by atoms with Crippen molar-refractivity contribution in [3.63, 3.8) is 0 Å². The topological polar surface area (TPSA) is 139 Å². The Hall–Kier alpha value is -3.24. The van der Waals surface area contributed by atoms with Crippen LogP contribution in [0.5, 0.6) is 0 Å². The number of ether oxygens (including phenoxy) is 2. The number of hydrogen-bond acceptors (Lipinski definition) is 8. The molecule has 3 atom stereocenters. The highest BCUT2D eigenvalue weighted by atomic mass is 16.5. The SMILES string of the molecule is CCOC(=O)/C=C/CCN(NC(C)=O)C(=O)C[C@H](C(=O)N1CCC[C@H]1C(=O)C[C@@H](CC(C)C)C(=O)OC)C(C)C. The van der Waals surface area contributed by atoms with Crippen molar-refractivity contribution >= 4 is 35.4 Å². The zero-order valence-electron chi connectivity index (χ0n) is 25.1. The zero-order valence-corrected chi connectivity index (χ0v) is 25.1. The van der Waals surface area contributed by atoms with Crippen LogP contribution in [0.25, 0.3) is 0 Å². The third-order valence-corrected chi connectivity index (χ3v) is 6.82. The van der Waals surface area contributed by atoms with Gasteiger partial charge in [-0.05, 0) is 44.4 Å². The van der Waals surface area contributed by atoms with Gasteiger partial charge in [-0.25, -0.2) is 4.79 Å². The molecule has 1 rings (SSSR count). The van der Waals surface area contributed by atoms with Crippen molar-refractivity contribution in [2.75, 3.05) is 26.8 Å². The van der Waals surface area contributed by atoms with Gasteiger partial charge in [0.25, 0.3) is 0 Å². The van der Waals surface area contributed by atoms with Crippen molar-refractivity contribution in [1.82, 2.24) is 15.3 Å². The first kappa shape index (κ1) is 34.8. The van der Waals surface area contributed by atoms with Gasteiger partial charge in [0.2, 0.25) is 17.7 Å². The molecule has 1 aliphatic heterocycles. The van der Waals surface area contributed by atoms with Crippen LogP contribution in [-0.4, -0.2) is 78.2 Å². The van der Waals surface area contributed by atoms with Crippen molar-refractivity contribution in [3.05, 3.63) is 12.2 Å². The van der Waals surface area contributed by atoms with Crippen LogP contribution in [0.1, 0.15) is 80.1 Å². The Morgan fingerprint density at radius 2 is 1.75 bits per heavy atom. The fourth-order valence-corrected chi connectivity index (χ4v) is 4.87. The quantitative estimate of drug-likeness (QED) is 0.182. The summed E-state index contributed by atoms with van der Waals surface area (Å²) < 4.78 is 9.73. The average molecular weight is 566 g/mol. The van der Waals surface area contributed by atoms with E-state index in [4.69, 9.17) is 9.47 Å². The average Bonchev–Trinajstić information content (AvgIpc) is 3.37. The minimum atomic E-state index is -0.709. The number of ketones is 1. The van der Waals surface area contributed by atoms with Crippen molar-refractivity contribution in [3.8, 4) is 0 Å². The first-order chi connectivity index (χ1) is 18.8. The number of carbonyl (C=O) groups is 6. The fourth-order valence-electron chi connectivity index (χ4n) is 4.87. The molecular weight excluding hydrogens is 518 g/mol. The minimum absolute atomic E-state index is 0.000200. The van der Waals surface area contributed by atoms with E-state index in [1.807, 2.05) is 27.7 Å². The van der Waals surface area contributed by atoms with E-state index in [2.05, 4.69) is 5.43 Å². The van der Waals surface area contributed by atoms with E-state index < -0.39 is 41.6 Å². The second-order valence-corrected chi connectivity index (χ2v) is 10.9. The number of Topliss-reactive ketones (excluding diaryl/α,β-unsaturated/α-hetero) is 1. The smallest absolute Gasteiger partial charge is 0.330 e. The van der Waals surface area contributed by atoms with Gasteiger partial charge in [-0.2, -0.15) is 0 Å². The second kappa shape index (κ2) is 17.5. The van der Waals surface area contributed by atoms with Crippen LogP contribution in [0.2, 0.25) is 0 Å². The molecule has 1 fully saturated rings. The molecule has 1 aliphatic rings. The summed E-state index contributed by atoms with van der Waals surface area (Å²) in [7, 11) is 1.30. The zero-order chi connectivity index (χ0) is 30.4. The largest absolute Gasteiger partial charge is 0.469 e. The lowest BCUT2D eigenvalue weighted by Crippen LogP contribution is -2.49. The Bertz CT molecular complexity index is 930. The lowest BCUT2D eigenvalue weighted by Gasteiger charge is -2.31. The number of nitrogens with one attached hydrogen (secondary N) is 1. The Morgan fingerprint density at radius 3 is 2.30 bits per heavy atom. The summed E-state index contributed by atoms with van der Waals surface area (Å²) in [4.78, 5) is 77.3. The van der Waals surface area contributed by atoms with Gasteiger partial charge in [-0.15, -0.1) is 0 Å². The molecule has 0 aromatic rings. The number of nitrogens with zero attached hydrogens (tertiary/aromatic N) is 2. The predicted molar refractivity (Wildman–Crippen MR) is 148 cm³/mol. The first-order valence-electron chi connectivity index (χ1n) is 14.1. The van der Waals surface area contributed by atoms with E-state index >= 15 is 0 Å². The number of methoxy groups -OCH3 is 1. The number of rotatable bonds is 15. The Morgan fingerprint density at radius 1 is 1.07 bits per heavy atom. The van der Waals surface area contributed by atoms with Crippen LogP contribution in [0.3, 0.4) is 0 Å². The summed E-state index contributed by atoms with van der Waals surface area (Å²) in [5, 5.41) is 1.15. The van der Waals surface area contributed by atoms with Crippen LogP contribution in [-0.2, 0) is 38.2 Å². The van der Waals surface area contributed by atoms with Crippen molar-refractivity contribution in [1.29, 1.82) is 0 Å². The molecule has 40 heavy (non-hydrogen) atoms. The molecule has 1 N–H and O–H groups in total. The molecule has 226 valence electrons. The van der Waals surface area contributed by atoms with Crippen molar-refractivity contribution in [2.45, 2.75) is 86.1 Å². The first-order valence-corrected chi connectivity index (χ1v) is 14.1. The molecule has 0 aromatic heterocycles. The molecule has 3 amide bonds. The Labute approximate surface area is 237 Å². The molecule has 0 aromatic carbocycles. The normalized spacial score (nSPS) is 16.6. The molecule has 1 heterocycles. The minimum Gasteiger partial charge on any atom is -0.469 e. The number of hydrazine groups is 1.